The molecule has 1 unspecified atom stereocenters. The maximum Gasteiger partial charge on any atom is 0.172 e. The maximum atomic E-state index is 5.19. The van der Waals surface area contributed by atoms with E-state index in [9.17, 15) is 0 Å². The van der Waals surface area contributed by atoms with Crippen molar-refractivity contribution < 1.29 is 4.74 Å². The zero-order chi connectivity index (χ0) is 11.2. The second-order valence-electron chi connectivity index (χ2n) is 3.34. The van der Waals surface area contributed by atoms with Crippen LogP contribution in [0.25, 0.3) is 10.9 Å². The molecule has 1 aromatic heterocycles. The topological polar surface area (TPSA) is 60.5 Å². The van der Waals surface area contributed by atoms with E-state index >= 15 is 0 Å². The highest BCUT2D eigenvalue weighted by molar-refractivity contribution is 5.77. The number of aromatic nitrogens is 1. The van der Waals surface area contributed by atoms with Crippen LogP contribution >= 0.6 is 0 Å². The summed E-state index contributed by atoms with van der Waals surface area (Å²) < 4.78 is 4.64. The fourth-order valence-electron chi connectivity index (χ4n) is 1.33. The molecule has 2 heterocycles. The van der Waals surface area contributed by atoms with Crippen LogP contribution in [0, 0.1) is 0 Å². The summed E-state index contributed by atoms with van der Waals surface area (Å²) >= 11 is 0. The molecule has 2 N–H and O–H groups in total. The van der Waals surface area contributed by atoms with Gasteiger partial charge in [0.05, 0.1) is 12.1 Å². The third kappa shape index (κ3) is 2.77. The summed E-state index contributed by atoms with van der Waals surface area (Å²) in [5.74, 6) is 0. The van der Waals surface area contributed by atoms with Crippen molar-refractivity contribution in [1.29, 1.82) is 0 Å². The smallest absolute Gasteiger partial charge is 0.172 e. The van der Waals surface area contributed by atoms with Crippen molar-refractivity contribution in [2.75, 3.05) is 6.54 Å². The molecular weight excluding hydrogens is 202 g/mol. The quantitative estimate of drug-likeness (QED) is 0.725. The van der Waals surface area contributed by atoms with Gasteiger partial charge in [-0.25, -0.2) is 0 Å². The monoisotopic (exact) mass is 215 g/mol. The largest absolute Gasteiger partial charge is 0.463 e. The fraction of sp³-hybridized carbons (Fsp3) is 0.167. The Bertz CT molecular complexity index is 411. The lowest BCUT2D eigenvalue weighted by atomic mass is 10.2. The van der Waals surface area contributed by atoms with Gasteiger partial charge >= 0.3 is 0 Å². The molecule has 0 radical (unpaired) electrons. The van der Waals surface area contributed by atoms with Crippen molar-refractivity contribution in [2.24, 2.45) is 10.7 Å². The van der Waals surface area contributed by atoms with E-state index in [2.05, 4.69) is 26.8 Å². The summed E-state index contributed by atoms with van der Waals surface area (Å²) in [6, 6.07) is 12.1. The minimum atomic E-state index is -0.176. The molecule has 0 fully saturated rings. The number of hydrogen-bond donors (Lipinski definition) is 1. The number of para-hydroxylation sites is 1. The lowest BCUT2D eigenvalue weighted by Gasteiger charge is -1.95. The van der Waals surface area contributed by atoms with Crippen LogP contribution in [0.2, 0.25) is 0 Å². The Morgan fingerprint density at radius 3 is 2.62 bits per heavy atom. The SMILES string of the molecule is NC1CN=CO1.c1ccc2ncccc2c1. The highest BCUT2D eigenvalue weighted by Crippen LogP contribution is 2.07. The average Bonchev–Trinajstić information content (AvgIpc) is 2.81. The molecule has 0 bridgehead atoms. The molecule has 1 aromatic carbocycles. The standard InChI is InChI=1S/C9H7N.C3H6N2O/c1-2-6-9-8(4-1)5-3-7-10-9;4-3-1-5-2-6-3/h1-7H;2-3H,1,4H2. The summed E-state index contributed by atoms with van der Waals surface area (Å²) in [5.41, 5.74) is 6.25. The number of rotatable bonds is 0. The highest BCUT2D eigenvalue weighted by Gasteiger charge is 2.01. The van der Waals surface area contributed by atoms with Crippen LogP contribution in [-0.4, -0.2) is 24.2 Å². The van der Waals surface area contributed by atoms with Gasteiger partial charge in [0.2, 0.25) is 0 Å². The number of aliphatic imine (C=N–C) groups is 1. The van der Waals surface area contributed by atoms with Crippen molar-refractivity contribution in [3.8, 4) is 0 Å². The number of benzene rings is 1. The maximum absolute atomic E-state index is 5.19. The molecule has 4 heteroatoms. The van der Waals surface area contributed by atoms with Gasteiger partial charge in [0.25, 0.3) is 0 Å². The van der Waals surface area contributed by atoms with Crippen molar-refractivity contribution in [2.45, 2.75) is 6.23 Å². The number of nitrogens with zero attached hydrogens (tertiary/aromatic N) is 2. The molecular formula is C12H13N3O. The zero-order valence-corrected chi connectivity index (χ0v) is 8.78. The first-order chi connectivity index (χ1) is 7.86. The number of hydrogen-bond acceptors (Lipinski definition) is 4. The Kier molecular flexibility index (Phi) is 3.46. The molecule has 0 saturated heterocycles. The van der Waals surface area contributed by atoms with Crippen LogP contribution in [0.4, 0.5) is 0 Å². The van der Waals surface area contributed by atoms with Crippen molar-refractivity contribution >= 4 is 17.3 Å². The molecule has 0 aliphatic carbocycles. The molecule has 1 aliphatic rings. The Morgan fingerprint density at radius 1 is 1.19 bits per heavy atom. The first-order valence-corrected chi connectivity index (χ1v) is 5.05. The van der Waals surface area contributed by atoms with E-state index in [0.717, 1.165) is 5.52 Å². The van der Waals surface area contributed by atoms with Crippen LogP contribution < -0.4 is 5.73 Å². The predicted molar refractivity (Wildman–Crippen MR) is 64.2 cm³/mol. The van der Waals surface area contributed by atoms with Gasteiger partial charge in [0.1, 0.15) is 0 Å². The van der Waals surface area contributed by atoms with Crippen LogP contribution in [-0.2, 0) is 4.74 Å². The fourth-order valence-corrected chi connectivity index (χ4v) is 1.33. The Labute approximate surface area is 93.8 Å². The van der Waals surface area contributed by atoms with E-state index in [0.29, 0.717) is 6.54 Å². The van der Waals surface area contributed by atoms with E-state index in [-0.39, 0.29) is 6.23 Å². The summed E-state index contributed by atoms with van der Waals surface area (Å²) in [5, 5.41) is 1.20. The van der Waals surface area contributed by atoms with Crippen LogP contribution in [0.3, 0.4) is 0 Å². The second-order valence-corrected chi connectivity index (χ2v) is 3.34. The van der Waals surface area contributed by atoms with Gasteiger partial charge in [-0.15, -0.1) is 0 Å². The van der Waals surface area contributed by atoms with E-state index in [4.69, 9.17) is 5.73 Å². The summed E-state index contributed by atoms with van der Waals surface area (Å²) in [7, 11) is 0. The molecule has 2 aromatic rings. The van der Waals surface area contributed by atoms with Gasteiger partial charge < -0.3 is 4.74 Å². The third-order valence-electron chi connectivity index (χ3n) is 2.11. The highest BCUT2D eigenvalue weighted by atomic mass is 16.5. The van der Waals surface area contributed by atoms with Gasteiger partial charge in [-0.2, -0.15) is 0 Å². The lowest BCUT2D eigenvalue weighted by molar-refractivity contribution is 0.243. The number of nitrogens with two attached hydrogens (primary N) is 1. The number of ether oxygens (including phenoxy) is 1. The summed E-state index contributed by atoms with van der Waals surface area (Å²) in [4.78, 5) is 7.87. The van der Waals surface area contributed by atoms with E-state index in [1.807, 2.05) is 30.5 Å². The molecule has 1 aliphatic heterocycles. The molecule has 3 rings (SSSR count). The average molecular weight is 215 g/mol. The van der Waals surface area contributed by atoms with Crippen molar-refractivity contribution in [3.05, 3.63) is 42.6 Å². The normalized spacial score (nSPS) is 17.7. The van der Waals surface area contributed by atoms with Gasteiger partial charge in [-0.05, 0) is 12.1 Å². The molecule has 0 amide bonds. The number of fused-ring (bicyclic) bond motifs is 1. The van der Waals surface area contributed by atoms with Gasteiger partial charge in [-0.1, -0.05) is 24.3 Å². The van der Waals surface area contributed by atoms with Crippen molar-refractivity contribution in [1.82, 2.24) is 4.98 Å². The Hall–Kier alpha value is -1.94. The summed E-state index contributed by atoms with van der Waals surface area (Å²) in [6.45, 7) is 0.611. The first kappa shape index (κ1) is 10.6. The van der Waals surface area contributed by atoms with Gasteiger partial charge in [0.15, 0.2) is 12.6 Å². The van der Waals surface area contributed by atoms with Crippen LogP contribution in [0.15, 0.2) is 47.6 Å². The second kappa shape index (κ2) is 5.23. The molecule has 0 spiro atoms. The van der Waals surface area contributed by atoms with E-state index in [1.54, 1.807) is 0 Å². The predicted octanol–water partition coefficient (Wildman–Crippen LogP) is 1.56. The van der Waals surface area contributed by atoms with Crippen molar-refractivity contribution in [3.63, 3.8) is 0 Å². The lowest BCUT2D eigenvalue weighted by Crippen LogP contribution is -2.21. The molecule has 16 heavy (non-hydrogen) atoms. The van der Waals surface area contributed by atoms with Gasteiger partial charge in [-0.3, -0.25) is 15.7 Å². The molecule has 4 nitrogen and oxygen atoms in total. The zero-order valence-electron chi connectivity index (χ0n) is 8.78. The third-order valence-corrected chi connectivity index (χ3v) is 2.11. The Morgan fingerprint density at radius 2 is 2.00 bits per heavy atom. The van der Waals surface area contributed by atoms with Crippen LogP contribution in [0.5, 0.6) is 0 Å². The minimum absolute atomic E-state index is 0.176. The van der Waals surface area contributed by atoms with Crippen LogP contribution in [0.1, 0.15) is 0 Å². The minimum Gasteiger partial charge on any atom is -0.463 e. The van der Waals surface area contributed by atoms with E-state index < -0.39 is 0 Å². The first-order valence-electron chi connectivity index (χ1n) is 5.05. The Balaban J connectivity index is 0.000000138. The van der Waals surface area contributed by atoms with E-state index in [1.165, 1.54) is 11.8 Å². The summed E-state index contributed by atoms with van der Waals surface area (Å²) in [6.07, 6.45) is 3.01. The molecule has 0 saturated carbocycles. The van der Waals surface area contributed by atoms with Gasteiger partial charge in [0, 0.05) is 11.6 Å². The number of pyridine rings is 1. The molecule has 1 atom stereocenters. The molecule has 82 valence electrons.